The van der Waals surface area contributed by atoms with Crippen LogP contribution in [0.4, 0.5) is 33.7 Å². The molecule has 1 aromatic heterocycles. The van der Waals surface area contributed by atoms with Gasteiger partial charge in [0.1, 0.15) is 11.5 Å². The van der Waals surface area contributed by atoms with E-state index in [9.17, 15) is 31.9 Å². The smallest absolute Gasteiger partial charge is 0.357 e. The third-order valence-electron chi connectivity index (χ3n) is 4.10. The number of isocyanates is 1. The first-order chi connectivity index (χ1) is 14.7. The minimum atomic E-state index is -4.69. The number of urea groups is 1. The highest BCUT2D eigenvalue weighted by Crippen LogP contribution is 2.32. The van der Waals surface area contributed by atoms with E-state index in [1.54, 1.807) is 18.2 Å². The van der Waals surface area contributed by atoms with Gasteiger partial charge in [-0.1, -0.05) is 12.1 Å². The number of halogens is 4. The number of nitrogens with zero attached hydrogens (tertiary/aromatic N) is 1. The van der Waals surface area contributed by atoms with Crippen molar-refractivity contribution in [3.8, 4) is 11.1 Å². The zero-order chi connectivity index (χ0) is 22.6. The van der Waals surface area contributed by atoms with Gasteiger partial charge in [-0.25, -0.2) is 14.0 Å². The molecule has 0 saturated carbocycles. The van der Waals surface area contributed by atoms with Crippen molar-refractivity contribution in [3.63, 3.8) is 0 Å². The van der Waals surface area contributed by atoms with Crippen LogP contribution < -0.4 is 10.6 Å². The number of hydrogen-bond acceptors (Lipinski definition) is 3. The largest absolute Gasteiger partial charge is 0.416 e. The lowest BCUT2D eigenvalue weighted by Crippen LogP contribution is -2.20. The topological polar surface area (TPSA) is 103 Å². The van der Waals surface area contributed by atoms with Crippen LogP contribution in [0.5, 0.6) is 0 Å². The number of aromatic nitrogens is 1. The third kappa shape index (κ3) is 5.03. The first-order valence-electron chi connectivity index (χ1n) is 8.54. The normalized spacial score (nSPS) is 10.8. The Kier molecular flexibility index (Phi) is 5.98. The minimum Gasteiger partial charge on any atom is -0.357 e. The number of aromatic amines is 1. The molecule has 31 heavy (non-hydrogen) atoms. The van der Waals surface area contributed by atoms with E-state index in [0.29, 0.717) is 29.3 Å². The number of carbonyl (C=O) groups is 2. The fourth-order valence-electron chi connectivity index (χ4n) is 2.70. The van der Waals surface area contributed by atoms with E-state index >= 15 is 0 Å². The van der Waals surface area contributed by atoms with Crippen LogP contribution in [0, 0.1) is 5.82 Å². The van der Waals surface area contributed by atoms with Crippen LogP contribution in [-0.4, -0.2) is 23.0 Å². The molecule has 0 aliphatic heterocycles. The van der Waals surface area contributed by atoms with Crippen LogP contribution in [0.3, 0.4) is 0 Å². The van der Waals surface area contributed by atoms with Gasteiger partial charge >= 0.3 is 18.1 Å². The Hall–Kier alpha value is -4.24. The number of benzene rings is 2. The molecule has 0 bridgehead atoms. The molecule has 0 radical (unpaired) electrons. The predicted molar refractivity (Wildman–Crippen MR) is 103 cm³/mol. The Bertz CT molecular complexity index is 1180. The van der Waals surface area contributed by atoms with Gasteiger partial charge in [-0.3, -0.25) is 4.79 Å². The maximum absolute atomic E-state index is 13.8. The second-order valence-corrected chi connectivity index (χ2v) is 6.12. The van der Waals surface area contributed by atoms with E-state index in [1.165, 1.54) is 18.3 Å². The molecule has 0 fully saturated rings. The molecule has 0 spiro atoms. The van der Waals surface area contributed by atoms with Gasteiger partial charge in [-0.15, -0.1) is 4.99 Å². The van der Waals surface area contributed by atoms with E-state index in [0.717, 1.165) is 6.08 Å². The molecular formula is C20H12F4N4O3. The van der Waals surface area contributed by atoms with Crippen LogP contribution in [0.15, 0.2) is 59.7 Å². The lowest BCUT2D eigenvalue weighted by atomic mass is 10.1. The van der Waals surface area contributed by atoms with E-state index in [1.807, 2.05) is 5.32 Å². The molecule has 0 saturated heterocycles. The summed E-state index contributed by atoms with van der Waals surface area (Å²) >= 11 is 0. The number of rotatable bonds is 4. The molecule has 158 valence electrons. The number of carbonyl (C=O) groups excluding carboxylic acids is 3. The number of hydrogen-bond donors (Lipinski definition) is 3. The Morgan fingerprint density at radius 2 is 1.71 bits per heavy atom. The van der Waals surface area contributed by atoms with E-state index < -0.39 is 35.2 Å². The van der Waals surface area contributed by atoms with Crippen molar-refractivity contribution in [2.75, 3.05) is 10.6 Å². The molecule has 0 aliphatic carbocycles. The van der Waals surface area contributed by atoms with Gasteiger partial charge in [0.05, 0.1) is 11.3 Å². The summed E-state index contributed by atoms with van der Waals surface area (Å²) in [4.78, 5) is 39.8. The molecule has 11 heteroatoms. The number of aliphatic imine (C=N–C) groups is 1. The van der Waals surface area contributed by atoms with Crippen LogP contribution in [0.1, 0.15) is 16.1 Å². The Morgan fingerprint density at radius 3 is 2.35 bits per heavy atom. The number of H-pyrrole nitrogens is 1. The first-order valence-corrected chi connectivity index (χ1v) is 8.54. The van der Waals surface area contributed by atoms with Crippen LogP contribution >= 0.6 is 0 Å². The molecule has 2 aromatic carbocycles. The van der Waals surface area contributed by atoms with Crippen LogP contribution in [0.25, 0.3) is 11.1 Å². The maximum atomic E-state index is 13.8. The van der Waals surface area contributed by atoms with E-state index in [4.69, 9.17) is 0 Å². The third-order valence-corrected chi connectivity index (χ3v) is 4.10. The number of nitrogens with one attached hydrogen (secondary N) is 3. The number of anilines is 2. The molecule has 3 amide bonds. The lowest BCUT2D eigenvalue weighted by molar-refractivity contribution is -0.137. The number of amides is 3. The first kappa shape index (κ1) is 21.5. The zero-order valence-corrected chi connectivity index (χ0v) is 15.4. The van der Waals surface area contributed by atoms with Crippen molar-refractivity contribution in [2.24, 2.45) is 4.99 Å². The zero-order valence-electron chi connectivity index (χ0n) is 15.4. The van der Waals surface area contributed by atoms with E-state index in [-0.39, 0.29) is 11.4 Å². The number of alkyl halides is 3. The molecule has 0 aliphatic rings. The Balaban J connectivity index is 1.73. The fraction of sp³-hybridized carbons (Fsp3) is 0.0500. The fourth-order valence-corrected chi connectivity index (χ4v) is 2.70. The van der Waals surface area contributed by atoms with Crippen LogP contribution in [-0.2, 0) is 11.0 Å². The SMILES string of the molecule is O=C=NC(=O)c1[nH]ccc1-c1ccc(NC(=O)Nc2cc(C(F)(F)F)ccc2F)cc1. The molecule has 0 atom stereocenters. The van der Waals surface area contributed by atoms with Crippen molar-refractivity contribution >= 4 is 29.4 Å². The van der Waals surface area contributed by atoms with Crippen molar-refractivity contribution in [2.45, 2.75) is 6.18 Å². The average molecular weight is 432 g/mol. The van der Waals surface area contributed by atoms with Crippen molar-refractivity contribution < 1.29 is 31.9 Å². The molecule has 7 nitrogen and oxygen atoms in total. The lowest BCUT2D eigenvalue weighted by Gasteiger charge is -2.12. The van der Waals surface area contributed by atoms with Crippen molar-refractivity contribution in [1.82, 2.24) is 4.98 Å². The molecule has 3 N–H and O–H groups in total. The summed E-state index contributed by atoms with van der Waals surface area (Å²) in [6.07, 6.45) is -2.05. The molecule has 3 aromatic rings. The van der Waals surface area contributed by atoms with Gasteiger partial charge in [0.2, 0.25) is 6.08 Å². The highest BCUT2D eigenvalue weighted by atomic mass is 19.4. The molecule has 1 heterocycles. The van der Waals surface area contributed by atoms with Gasteiger partial charge in [-0.05, 0) is 42.0 Å². The summed E-state index contributed by atoms with van der Waals surface area (Å²) in [6, 6.07) is 8.31. The van der Waals surface area contributed by atoms with Gasteiger partial charge in [0.25, 0.3) is 0 Å². The Labute approximate surface area is 171 Å². The summed E-state index contributed by atoms with van der Waals surface area (Å²) < 4.78 is 52.0. The minimum absolute atomic E-state index is 0.0711. The summed E-state index contributed by atoms with van der Waals surface area (Å²) in [5.41, 5.74) is -0.407. The highest BCUT2D eigenvalue weighted by Gasteiger charge is 2.31. The van der Waals surface area contributed by atoms with Gasteiger partial charge in [-0.2, -0.15) is 13.2 Å². The molecule has 0 unspecified atom stereocenters. The standard InChI is InChI=1S/C20H12F4N4O3/c21-15-6-3-12(20(22,23)24)9-16(15)28-19(31)27-13-4-1-11(2-5-13)14-7-8-25-17(14)18(30)26-10-29/h1-9,25H,(H2,27,28,31). The molecule has 3 rings (SSSR count). The van der Waals surface area contributed by atoms with E-state index in [2.05, 4.69) is 15.3 Å². The van der Waals surface area contributed by atoms with Gasteiger partial charge in [0, 0.05) is 17.4 Å². The Morgan fingerprint density at radius 1 is 1.00 bits per heavy atom. The quantitative estimate of drug-likeness (QED) is 0.308. The monoisotopic (exact) mass is 432 g/mol. The van der Waals surface area contributed by atoms with Crippen LogP contribution in [0.2, 0.25) is 0 Å². The van der Waals surface area contributed by atoms with Gasteiger partial charge < -0.3 is 15.6 Å². The summed E-state index contributed by atoms with van der Waals surface area (Å²) in [6.45, 7) is 0. The van der Waals surface area contributed by atoms with Crippen molar-refractivity contribution in [1.29, 1.82) is 0 Å². The highest BCUT2D eigenvalue weighted by molar-refractivity contribution is 6.02. The second kappa shape index (κ2) is 8.64. The summed E-state index contributed by atoms with van der Waals surface area (Å²) in [5.74, 6) is -1.83. The molecular weight excluding hydrogens is 420 g/mol. The maximum Gasteiger partial charge on any atom is 0.416 e. The van der Waals surface area contributed by atoms with Gasteiger partial charge in [0.15, 0.2) is 0 Å². The average Bonchev–Trinajstić information content (AvgIpc) is 3.19. The summed E-state index contributed by atoms with van der Waals surface area (Å²) in [5, 5.41) is 4.39. The second-order valence-electron chi connectivity index (χ2n) is 6.12. The van der Waals surface area contributed by atoms with Crippen molar-refractivity contribution in [3.05, 3.63) is 71.8 Å². The predicted octanol–water partition coefficient (Wildman–Crippen LogP) is 4.96. The summed E-state index contributed by atoms with van der Waals surface area (Å²) in [7, 11) is 0.